The lowest BCUT2D eigenvalue weighted by Gasteiger charge is -1.87. The van der Waals surface area contributed by atoms with Gasteiger partial charge in [0.1, 0.15) is 11.9 Å². The van der Waals surface area contributed by atoms with Gasteiger partial charge in [0.05, 0.1) is 0 Å². The zero-order valence-corrected chi connectivity index (χ0v) is 4.57. The largest absolute Gasteiger partial charge is 0.384 e. The predicted molar refractivity (Wildman–Crippen MR) is 31.2 cm³/mol. The Morgan fingerprint density at radius 2 is 2.44 bits per heavy atom. The highest BCUT2D eigenvalue weighted by atomic mass is 14.9. The lowest BCUT2D eigenvalue weighted by atomic mass is 10.5. The van der Waals surface area contributed by atoms with Crippen LogP contribution in [0.15, 0.2) is 12.3 Å². The molecule has 0 atom stereocenters. The van der Waals surface area contributed by atoms with E-state index < -0.39 is 0 Å². The summed E-state index contributed by atoms with van der Waals surface area (Å²) in [5.41, 5.74) is 5.23. The monoisotopic (exact) mass is 120 g/mol. The van der Waals surface area contributed by atoms with Crippen LogP contribution in [0.3, 0.4) is 0 Å². The van der Waals surface area contributed by atoms with E-state index in [1.54, 1.807) is 6.07 Å². The van der Waals surface area contributed by atoms with Crippen LogP contribution in [0.25, 0.3) is 0 Å². The first-order valence-corrected chi connectivity index (χ1v) is 2.31. The van der Waals surface area contributed by atoms with Gasteiger partial charge in [-0.15, -0.1) is 0 Å². The molecule has 0 saturated carbocycles. The molecule has 1 aromatic rings. The third-order valence-electron chi connectivity index (χ3n) is 0.777. The van der Waals surface area contributed by atoms with E-state index in [1.165, 1.54) is 12.3 Å². The molecule has 0 aliphatic heterocycles. The van der Waals surface area contributed by atoms with Crippen LogP contribution in [0.4, 0.5) is 5.82 Å². The molecule has 9 heavy (non-hydrogen) atoms. The van der Waals surface area contributed by atoms with Crippen molar-refractivity contribution in [3.05, 3.63) is 18.1 Å². The summed E-state index contributed by atoms with van der Waals surface area (Å²) in [6.45, 7) is 0. The van der Waals surface area contributed by atoms with Gasteiger partial charge >= 0.3 is 0 Å². The number of nitrogen functional groups attached to an aromatic ring is 1. The summed E-state index contributed by atoms with van der Waals surface area (Å²) < 4.78 is 0. The first-order chi connectivity index (χ1) is 4.33. The molecular weight excluding hydrogens is 116 g/mol. The second-order valence-corrected chi connectivity index (χ2v) is 1.42. The van der Waals surface area contributed by atoms with Gasteiger partial charge in [0, 0.05) is 6.20 Å². The van der Waals surface area contributed by atoms with Crippen molar-refractivity contribution >= 4 is 5.82 Å². The molecule has 0 unspecified atom stereocenters. The van der Waals surface area contributed by atoms with Crippen LogP contribution in [0, 0.1) is 11.3 Å². The Bertz CT molecular complexity index is 249. The fraction of sp³-hybridized carbons (Fsp3) is 0. The molecule has 0 amide bonds. The van der Waals surface area contributed by atoms with Crippen LogP contribution < -0.4 is 5.73 Å². The molecule has 1 rings (SSSR count). The van der Waals surface area contributed by atoms with Crippen molar-refractivity contribution in [3.8, 4) is 6.07 Å². The minimum absolute atomic E-state index is 0.106. The summed E-state index contributed by atoms with van der Waals surface area (Å²) in [5.74, 6) is 0.427. The summed E-state index contributed by atoms with van der Waals surface area (Å²) in [7, 11) is 0. The zero-order valence-electron chi connectivity index (χ0n) is 4.57. The SMILES string of the molecule is N#Cc1nccc(N)n1. The number of nitrogens with zero attached hydrogens (tertiary/aromatic N) is 3. The van der Waals surface area contributed by atoms with Gasteiger partial charge in [-0.25, -0.2) is 9.97 Å². The summed E-state index contributed by atoms with van der Waals surface area (Å²) in [4.78, 5) is 7.20. The highest BCUT2D eigenvalue weighted by Gasteiger charge is 1.89. The Morgan fingerprint density at radius 1 is 1.67 bits per heavy atom. The molecule has 0 aliphatic carbocycles. The smallest absolute Gasteiger partial charge is 0.234 e. The van der Waals surface area contributed by atoms with Crippen LogP contribution in [-0.2, 0) is 0 Å². The Morgan fingerprint density at radius 3 is 2.89 bits per heavy atom. The molecule has 44 valence electrons. The minimum Gasteiger partial charge on any atom is -0.384 e. The van der Waals surface area contributed by atoms with Gasteiger partial charge in [-0.3, -0.25) is 0 Å². The highest BCUT2D eigenvalue weighted by Crippen LogP contribution is 1.92. The van der Waals surface area contributed by atoms with Crippen molar-refractivity contribution in [2.75, 3.05) is 5.73 Å². The molecule has 2 N–H and O–H groups in total. The number of nitriles is 1. The molecule has 0 aromatic carbocycles. The van der Waals surface area contributed by atoms with Gasteiger partial charge in [0.15, 0.2) is 0 Å². The molecule has 0 fully saturated rings. The van der Waals surface area contributed by atoms with Gasteiger partial charge in [0.25, 0.3) is 0 Å². The fourth-order valence-corrected chi connectivity index (χ4v) is 0.427. The van der Waals surface area contributed by atoms with Crippen LogP contribution in [0.2, 0.25) is 0 Å². The lowest BCUT2D eigenvalue weighted by Crippen LogP contribution is -1.93. The number of hydrogen-bond acceptors (Lipinski definition) is 4. The van der Waals surface area contributed by atoms with Crippen molar-refractivity contribution in [1.82, 2.24) is 9.97 Å². The van der Waals surface area contributed by atoms with E-state index in [4.69, 9.17) is 11.0 Å². The number of hydrogen-bond donors (Lipinski definition) is 1. The van der Waals surface area contributed by atoms with E-state index in [-0.39, 0.29) is 5.82 Å². The van der Waals surface area contributed by atoms with Crippen molar-refractivity contribution in [3.63, 3.8) is 0 Å². The molecule has 0 radical (unpaired) electrons. The van der Waals surface area contributed by atoms with Crippen LogP contribution in [0.5, 0.6) is 0 Å². The van der Waals surface area contributed by atoms with Gasteiger partial charge in [0.2, 0.25) is 5.82 Å². The first-order valence-electron chi connectivity index (χ1n) is 2.31. The maximum absolute atomic E-state index is 8.23. The number of nitrogens with two attached hydrogens (primary N) is 1. The van der Waals surface area contributed by atoms with Gasteiger partial charge in [-0.1, -0.05) is 0 Å². The molecule has 1 heterocycles. The van der Waals surface area contributed by atoms with E-state index in [0.29, 0.717) is 5.82 Å². The predicted octanol–water partition coefficient (Wildman–Crippen LogP) is -0.0695. The third kappa shape index (κ3) is 1.13. The molecule has 4 nitrogen and oxygen atoms in total. The molecule has 0 bridgehead atoms. The van der Waals surface area contributed by atoms with Crippen molar-refractivity contribution in [2.45, 2.75) is 0 Å². The second-order valence-electron chi connectivity index (χ2n) is 1.42. The fourth-order valence-electron chi connectivity index (χ4n) is 0.427. The third-order valence-corrected chi connectivity index (χ3v) is 0.777. The summed E-state index contributed by atoms with van der Waals surface area (Å²) >= 11 is 0. The van der Waals surface area contributed by atoms with Crippen molar-refractivity contribution in [1.29, 1.82) is 5.26 Å². The van der Waals surface area contributed by atoms with Crippen molar-refractivity contribution < 1.29 is 0 Å². The summed E-state index contributed by atoms with van der Waals surface area (Å²) in [6, 6.07) is 3.29. The van der Waals surface area contributed by atoms with Crippen molar-refractivity contribution in [2.24, 2.45) is 0 Å². The second kappa shape index (κ2) is 2.09. The van der Waals surface area contributed by atoms with Crippen LogP contribution in [0.1, 0.15) is 5.82 Å². The van der Waals surface area contributed by atoms with Crippen LogP contribution >= 0.6 is 0 Å². The maximum atomic E-state index is 8.23. The standard InChI is InChI=1S/C5H4N4/c6-3-5-8-2-1-4(7)9-5/h1-2H,(H2,7,8,9). The molecule has 1 aromatic heterocycles. The first kappa shape index (κ1) is 5.51. The average Bonchev–Trinajstić information content (AvgIpc) is 1.88. The van der Waals surface area contributed by atoms with Crippen LogP contribution in [-0.4, -0.2) is 9.97 Å². The maximum Gasteiger partial charge on any atom is 0.234 e. The molecule has 4 heteroatoms. The van der Waals surface area contributed by atoms with Gasteiger partial charge < -0.3 is 5.73 Å². The van der Waals surface area contributed by atoms with E-state index in [9.17, 15) is 0 Å². The Kier molecular flexibility index (Phi) is 1.28. The average molecular weight is 120 g/mol. The molecule has 0 aliphatic rings. The Hall–Kier alpha value is -1.63. The molecule has 0 saturated heterocycles. The minimum atomic E-state index is 0.106. The topological polar surface area (TPSA) is 75.6 Å². The van der Waals surface area contributed by atoms with E-state index in [1.807, 2.05) is 0 Å². The molecule has 0 spiro atoms. The Balaban J connectivity index is 3.12. The van der Waals surface area contributed by atoms with E-state index in [2.05, 4.69) is 9.97 Å². The zero-order chi connectivity index (χ0) is 6.69. The number of rotatable bonds is 0. The van der Waals surface area contributed by atoms with Gasteiger partial charge in [-0.2, -0.15) is 5.26 Å². The Labute approximate surface area is 52.0 Å². The van der Waals surface area contributed by atoms with Gasteiger partial charge in [-0.05, 0) is 6.07 Å². The van der Waals surface area contributed by atoms with E-state index in [0.717, 1.165) is 0 Å². The molecular formula is C5H4N4. The number of anilines is 1. The van der Waals surface area contributed by atoms with E-state index >= 15 is 0 Å². The quantitative estimate of drug-likeness (QED) is 0.520. The summed E-state index contributed by atoms with van der Waals surface area (Å²) in [5, 5.41) is 8.23. The lowest BCUT2D eigenvalue weighted by molar-refractivity contribution is 1.12. The normalized spacial score (nSPS) is 8.33. The summed E-state index contributed by atoms with van der Waals surface area (Å²) in [6.07, 6.45) is 1.45. The number of aromatic nitrogens is 2. The highest BCUT2D eigenvalue weighted by molar-refractivity contribution is 5.28.